The minimum atomic E-state index is -0.584. The minimum absolute atomic E-state index is 0.283. The van der Waals surface area contributed by atoms with Crippen LogP contribution in [0.3, 0.4) is 0 Å². The monoisotopic (exact) mass is 297 g/mol. The van der Waals surface area contributed by atoms with Crippen LogP contribution in [0.4, 0.5) is 0 Å². The Morgan fingerprint density at radius 1 is 1.00 bits per heavy atom. The summed E-state index contributed by atoms with van der Waals surface area (Å²) in [6.45, 7) is 5.54. The summed E-state index contributed by atoms with van der Waals surface area (Å²) < 4.78 is 0. The Labute approximate surface area is 130 Å². The second-order valence-corrected chi connectivity index (χ2v) is 5.83. The third kappa shape index (κ3) is 3.69. The molecule has 2 aromatic rings. The van der Waals surface area contributed by atoms with E-state index in [1.165, 1.54) is 5.01 Å². The molecule has 1 heterocycles. The Morgan fingerprint density at radius 2 is 1.64 bits per heavy atom. The molecule has 0 aliphatic heterocycles. The SMILES string of the molecule is CC(C)(C)N(NC(=O)c1ccccc1)C(=O)c1ccccn1. The number of aromatic nitrogens is 1. The van der Waals surface area contributed by atoms with E-state index in [0.717, 1.165) is 0 Å². The van der Waals surface area contributed by atoms with Gasteiger partial charge < -0.3 is 0 Å². The molecule has 0 unspecified atom stereocenters. The summed E-state index contributed by atoms with van der Waals surface area (Å²) >= 11 is 0. The van der Waals surface area contributed by atoms with Crippen LogP contribution >= 0.6 is 0 Å². The Kier molecular flexibility index (Phi) is 4.56. The molecule has 22 heavy (non-hydrogen) atoms. The van der Waals surface area contributed by atoms with Gasteiger partial charge in [-0.2, -0.15) is 0 Å². The molecule has 2 amide bonds. The van der Waals surface area contributed by atoms with Crippen molar-refractivity contribution in [1.82, 2.24) is 15.4 Å². The summed E-state index contributed by atoms with van der Waals surface area (Å²) in [4.78, 5) is 29.0. The van der Waals surface area contributed by atoms with Gasteiger partial charge >= 0.3 is 0 Å². The van der Waals surface area contributed by atoms with Crippen molar-refractivity contribution in [2.24, 2.45) is 0 Å². The largest absolute Gasteiger partial charge is 0.291 e. The molecule has 114 valence electrons. The quantitative estimate of drug-likeness (QED) is 0.867. The average molecular weight is 297 g/mol. The first kappa shape index (κ1) is 15.7. The predicted octanol–water partition coefficient (Wildman–Crippen LogP) is 2.67. The standard InChI is InChI=1S/C17H19N3O2/c1-17(2,3)20(16(22)14-11-7-8-12-18-14)19-15(21)13-9-5-4-6-10-13/h4-12H,1-3H3,(H,19,21). The number of hydrogen-bond donors (Lipinski definition) is 1. The van der Waals surface area contributed by atoms with Crippen molar-refractivity contribution in [3.05, 3.63) is 66.0 Å². The van der Waals surface area contributed by atoms with Crippen LogP contribution in [0, 0.1) is 0 Å². The normalized spacial score (nSPS) is 10.9. The molecular weight excluding hydrogens is 278 g/mol. The van der Waals surface area contributed by atoms with Gasteiger partial charge in [0.25, 0.3) is 11.8 Å². The second-order valence-electron chi connectivity index (χ2n) is 5.83. The van der Waals surface area contributed by atoms with Crippen LogP contribution in [0.15, 0.2) is 54.7 Å². The van der Waals surface area contributed by atoms with E-state index < -0.39 is 5.54 Å². The molecule has 0 bridgehead atoms. The molecule has 1 aromatic carbocycles. The number of benzene rings is 1. The number of hydrazine groups is 1. The summed E-state index contributed by atoms with van der Waals surface area (Å²) in [5.41, 5.74) is 2.87. The molecule has 0 spiro atoms. The maximum atomic E-state index is 12.6. The highest BCUT2D eigenvalue weighted by Gasteiger charge is 2.30. The molecule has 2 rings (SSSR count). The maximum absolute atomic E-state index is 12.6. The summed E-state index contributed by atoms with van der Waals surface area (Å²) in [6.07, 6.45) is 1.55. The number of nitrogens with one attached hydrogen (secondary N) is 1. The summed E-state index contributed by atoms with van der Waals surface area (Å²) in [6, 6.07) is 13.9. The molecule has 0 fully saturated rings. The number of hydrogen-bond acceptors (Lipinski definition) is 3. The van der Waals surface area contributed by atoms with Gasteiger partial charge in [-0.05, 0) is 45.0 Å². The Morgan fingerprint density at radius 3 is 2.18 bits per heavy atom. The number of pyridine rings is 1. The molecule has 5 heteroatoms. The molecule has 0 radical (unpaired) electrons. The maximum Gasteiger partial charge on any atom is 0.291 e. The smallest absolute Gasteiger partial charge is 0.267 e. The first-order valence-electron chi connectivity index (χ1n) is 7.01. The lowest BCUT2D eigenvalue weighted by molar-refractivity contribution is 0.0354. The van der Waals surface area contributed by atoms with Crippen LogP contribution in [-0.2, 0) is 0 Å². The van der Waals surface area contributed by atoms with Gasteiger partial charge in [0.15, 0.2) is 0 Å². The van der Waals surface area contributed by atoms with E-state index in [4.69, 9.17) is 0 Å². The highest BCUT2D eigenvalue weighted by atomic mass is 16.2. The van der Waals surface area contributed by atoms with E-state index in [2.05, 4.69) is 10.4 Å². The molecular formula is C17H19N3O2. The number of carbonyl (C=O) groups excluding carboxylic acids is 2. The Balaban J connectivity index is 2.25. The van der Waals surface area contributed by atoms with E-state index in [1.807, 2.05) is 26.8 Å². The van der Waals surface area contributed by atoms with E-state index in [1.54, 1.807) is 48.7 Å². The van der Waals surface area contributed by atoms with Crippen molar-refractivity contribution < 1.29 is 9.59 Å². The fourth-order valence-electron chi connectivity index (χ4n) is 1.88. The Hall–Kier alpha value is -2.69. The third-order valence-corrected chi connectivity index (χ3v) is 3.01. The van der Waals surface area contributed by atoms with Crippen LogP contribution in [0.25, 0.3) is 0 Å². The molecule has 0 saturated heterocycles. The number of nitrogens with zero attached hydrogens (tertiary/aromatic N) is 2. The second kappa shape index (κ2) is 6.39. The van der Waals surface area contributed by atoms with Crippen LogP contribution in [0.1, 0.15) is 41.6 Å². The lowest BCUT2D eigenvalue weighted by Crippen LogP contribution is -2.56. The summed E-state index contributed by atoms with van der Waals surface area (Å²) in [5, 5.41) is 1.31. The first-order valence-corrected chi connectivity index (χ1v) is 7.01. The van der Waals surface area contributed by atoms with Crippen molar-refractivity contribution in [2.75, 3.05) is 0 Å². The van der Waals surface area contributed by atoms with Crippen molar-refractivity contribution in [3.63, 3.8) is 0 Å². The van der Waals surface area contributed by atoms with E-state index in [-0.39, 0.29) is 17.5 Å². The molecule has 1 aromatic heterocycles. The van der Waals surface area contributed by atoms with Gasteiger partial charge in [0.2, 0.25) is 0 Å². The van der Waals surface area contributed by atoms with Crippen molar-refractivity contribution in [2.45, 2.75) is 26.3 Å². The van der Waals surface area contributed by atoms with E-state index >= 15 is 0 Å². The van der Waals surface area contributed by atoms with Crippen LogP contribution in [0.5, 0.6) is 0 Å². The van der Waals surface area contributed by atoms with Crippen molar-refractivity contribution >= 4 is 11.8 Å². The zero-order valence-corrected chi connectivity index (χ0v) is 12.9. The fraction of sp³-hybridized carbons (Fsp3) is 0.235. The van der Waals surface area contributed by atoms with Gasteiger partial charge in [0.05, 0.1) is 5.54 Å². The number of amides is 2. The number of carbonyl (C=O) groups is 2. The molecule has 0 aliphatic rings. The van der Waals surface area contributed by atoms with Gasteiger partial charge in [-0.15, -0.1) is 0 Å². The highest BCUT2D eigenvalue weighted by Crippen LogP contribution is 2.14. The molecule has 0 saturated carbocycles. The topological polar surface area (TPSA) is 62.3 Å². The van der Waals surface area contributed by atoms with Crippen LogP contribution < -0.4 is 5.43 Å². The lowest BCUT2D eigenvalue weighted by atomic mass is 10.1. The Bertz CT molecular complexity index is 649. The van der Waals surface area contributed by atoms with Gasteiger partial charge in [0.1, 0.15) is 5.69 Å². The van der Waals surface area contributed by atoms with E-state index in [0.29, 0.717) is 5.56 Å². The zero-order chi connectivity index (χ0) is 16.2. The summed E-state index contributed by atoms with van der Waals surface area (Å²) in [7, 11) is 0. The third-order valence-electron chi connectivity index (χ3n) is 3.01. The van der Waals surface area contributed by atoms with Gasteiger partial charge in [-0.3, -0.25) is 20.0 Å². The molecule has 0 aliphatic carbocycles. The van der Waals surface area contributed by atoms with Crippen molar-refractivity contribution in [3.8, 4) is 0 Å². The van der Waals surface area contributed by atoms with Gasteiger partial charge in [-0.25, -0.2) is 5.01 Å². The zero-order valence-electron chi connectivity index (χ0n) is 12.9. The first-order chi connectivity index (χ1) is 10.4. The number of rotatable bonds is 2. The van der Waals surface area contributed by atoms with E-state index in [9.17, 15) is 9.59 Å². The van der Waals surface area contributed by atoms with Crippen LogP contribution in [0.2, 0.25) is 0 Å². The van der Waals surface area contributed by atoms with Crippen molar-refractivity contribution in [1.29, 1.82) is 0 Å². The van der Waals surface area contributed by atoms with Gasteiger partial charge in [-0.1, -0.05) is 24.3 Å². The van der Waals surface area contributed by atoms with Crippen LogP contribution in [-0.4, -0.2) is 27.3 Å². The molecule has 5 nitrogen and oxygen atoms in total. The molecule has 1 N–H and O–H groups in total. The fourth-order valence-corrected chi connectivity index (χ4v) is 1.88. The average Bonchev–Trinajstić information content (AvgIpc) is 2.52. The highest BCUT2D eigenvalue weighted by molar-refractivity contribution is 5.98. The summed E-state index contributed by atoms with van der Waals surface area (Å²) in [5.74, 6) is -0.683. The van der Waals surface area contributed by atoms with Gasteiger partial charge in [0, 0.05) is 11.8 Å². The lowest BCUT2D eigenvalue weighted by Gasteiger charge is -2.35. The molecule has 0 atom stereocenters. The predicted molar refractivity (Wildman–Crippen MR) is 84.1 cm³/mol. The minimum Gasteiger partial charge on any atom is -0.267 e.